The van der Waals surface area contributed by atoms with Gasteiger partial charge in [-0.3, -0.25) is 0 Å². The Kier molecular flexibility index (Phi) is 7.46. The van der Waals surface area contributed by atoms with Crippen molar-refractivity contribution in [1.82, 2.24) is 14.5 Å². The summed E-state index contributed by atoms with van der Waals surface area (Å²) in [7, 11) is 0. The molecule has 4 heteroatoms. The third-order valence-corrected chi connectivity index (χ3v) is 10.9. The Balaban J connectivity index is 1.24. The van der Waals surface area contributed by atoms with E-state index < -0.39 is 0 Å². The van der Waals surface area contributed by atoms with Gasteiger partial charge in [-0.2, -0.15) is 0 Å². The highest BCUT2D eigenvalue weighted by molar-refractivity contribution is 6.13. The molecule has 0 atom stereocenters. The van der Waals surface area contributed by atoms with Crippen molar-refractivity contribution in [2.45, 2.75) is 0 Å². The zero-order valence-electron chi connectivity index (χ0n) is 30.3. The maximum Gasteiger partial charge on any atom is 0.172 e. The van der Waals surface area contributed by atoms with Crippen LogP contribution in [0.1, 0.15) is 0 Å². The van der Waals surface area contributed by atoms with Crippen LogP contribution >= 0.6 is 0 Å². The van der Waals surface area contributed by atoms with Gasteiger partial charge in [-0.1, -0.05) is 146 Å². The van der Waals surface area contributed by atoms with Gasteiger partial charge in [0.15, 0.2) is 11.4 Å². The van der Waals surface area contributed by atoms with Crippen molar-refractivity contribution in [1.29, 1.82) is 0 Å². The van der Waals surface area contributed by atoms with Gasteiger partial charge in [-0.05, 0) is 81.9 Å². The Morgan fingerprint density at radius 2 is 0.857 bits per heavy atom. The molecule has 0 spiro atoms. The van der Waals surface area contributed by atoms with Gasteiger partial charge in [0.1, 0.15) is 11.1 Å². The molecule has 56 heavy (non-hydrogen) atoms. The second-order valence-corrected chi connectivity index (χ2v) is 14.2. The number of rotatable bonds is 6. The fraction of sp³-hybridized carbons (Fsp3) is 0. The first-order valence-electron chi connectivity index (χ1n) is 18.9. The number of hydrogen-bond donors (Lipinski definition) is 0. The lowest BCUT2D eigenvalue weighted by atomic mass is 9.92. The van der Waals surface area contributed by atoms with Crippen molar-refractivity contribution in [3.8, 4) is 61.6 Å². The minimum absolute atomic E-state index is 0.646. The molecule has 0 aliphatic rings. The zero-order chi connectivity index (χ0) is 37.0. The molecule has 0 aliphatic heterocycles. The quantitative estimate of drug-likeness (QED) is 0.172. The topological polar surface area (TPSA) is 43.9 Å². The monoisotopic (exact) mass is 715 g/mol. The molecule has 0 unspecified atom stereocenters. The molecular weight excluding hydrogens is 683 g/mol. The Bertz CT molecular complexity index is 3060. The van der Waals surface area contributed by atoms with Crippen LogP contribution in [0.15, 0.2) is 205 Å². The van der Waals surface area contributed by atoms with Crippen LogP contribution in [0.25, 0.3) is 105 Å². The summed E-state index contributed by atoms with van der Waals surface area (Å²) in [5, 5.41) is 3.37. The van der Waals surface area contributed by atoms with Gasteiger partial charge in [0.25, 0.3) is 0 Å². The van der Waals surface area contributed by atoms with Crippen molar-refractivity contribution in [2.75, 3.05) is 0 Å². The standard InChI is InChI=1S/C52H33N3O/c1-5-15-34(16-6-1)38-25-27-46-44(29-38)45-30-39(35-17-7-2-8-18-35)26-28-47(45)55(46)51-42(36-19-9-3-10-20-36)31-40(32-43(51)37-21-11-4-12-22-37)52-53-33-49-50(54-52)41-23-13-14-24-48(41)56-49/h1-33H. The molecule has 0 N–H and O–H groups in total. The molecule has 0 fully saturated rings. The summed E-state index contributed by atoms with van der Waals surface area (Å²) >= 11 is 0. The highest BCUT2D eigenvalue weighted by Crippen LogP contribution is 2.45. The third kappa shape index (κ3) is 5.31. The fourth-order valence-electron chi connectivity index (χ4n) is 8.21. The molecule has 4 nitrogen and oxygen atoms in total. The summed E-state index contributed by atoms with van der Waals surface area (Å²) in [4.78, 5) is 10.1. The van der Waals surface area contributed by atoms with Crippen molar-refractivity contribution in [3.05, 3.63) is 200 Å². The minimum Gasteiger partial charge on any atom is -0.453 e. The van der Waals surface area contributed by atoms with Crippen molar-refractivity contribution in [2.24, 2.45) is 0 Å². The van der Waals surface area contributed by atoms with Gasteiger partial charge in [0.05, 0.1) is 22.9 Å². The minimum atomic E-state index is 0.646. The number of fused-ring (bicyclic) bond motifs is 6. The Labute approximate surface area is 323 Å². The Hall–Kier alpha value is -7.56. The van der Waals surface area contributed by atoms with Crippen LogP contribution in [0.3, 0.4) is 0 Å². The number of nitrogens with zero attached hydrogens (tertiary/aromatic N) is 3. The lowest BCUT2D eigenvalue weighted by Crippen LogP contribution is -2.02. The van der Waals surface area contributed by atoms with E-state index in [1.54, 1.807) is 6.20 Å². The van der Waals surface area contributed by atoms with Gasteiger partial charge in [0.2, 0.25) is 0 Å². The number of hydrogen-bond acceptors (Lipinski definition) is 3. The average Bonchev–Trinajstić information content (AvgIpc) is 3.81. The maximum absolute atomic E-state index is 6.12. The molecule has 11 rings (SSSR count). The number of aromatic nitrogens is 3. The Morgan fingerprint density at radius 3 is 1.39 bits per heavy atom. The molecule has 0 saturated heterocycles. The molecule has 262 valence electrons. The van der Waals surface area contributed by atoms with Gasteiger partial charge >= 0.3 is 0 Å². The largest absolute Gasteiger partial charge is 0.453 e. The second-order valence-electron chi connectivity index (χ2n) is 14.2. The summed E-state index contributed by atoms with van der Waals surface area (Å²) in [5.41, 5.74) is 15.7. The van der Waals surface area contributed by atoms with Gasteiger partial charge < -0.3 is 8.98 Å². The van der Waals surface area contributed by atoms with E-state index in [1.165, 1.54) is 33.0 Å². The van der Waals surface area contributed by atoms with Crippen LogP contribution in [0.2, 0.25) is 0 Å². The second kappa shape index (κ2) is 13.1. The molecule has 0 saturated carbocycles. The van der Waals surface area contributed by atoms with Crippen molar-refractivity contribution >= 4 is 43.9 Å². The van der Waals surface area contributed by atoms with Crippen LogP contribution in [-0.4, -0.2) is 14.5 Å². The molecule has 0 aliphatic carbocycles. The van der Waals surface area contributed by atoms with E-state index in [2.05, 4.69) is 180 Å². The highest BCUT2D eigenvalue weighted by Gasteiger charge is 2.23. The molecule has 3 aromatic heterocycles. The smallest absolute Gasteiger partial charge is 0.172 e. The van der Waals surface area contributed by atoms with E-state index in [1.807, 2.05) is 18.2 Å². The van der Waals surface area contributed by atoms with Gasteiger partial charge in [0, 0.05) is 32.8 Å². The molecule has 3 heterocycles. The first kappa shape index (κ1) is 31.9. The number of benzene rings is 8. The summed E-state index contributed by atoms with van der Waals surface area (Å²) in [6.07, 6.45) is 1.80. The van der Waals surface area contributed by atoms with Crippen molar-refractivity contribution in [3.63, 3.8) is 0 Å². The normalized spacial score (nSPS) is 11.6. The van der Waals surface area contributed by atoms with E-state index in [9.17, 15) is 0 Å². The lowest BCUT2D eigenvalue weighted by Gasteiger charge is -2.21. The van der Waals surface area contributed by atoms with Crippen LogP contribution in [0, 0.1) is 0 Å². The number of furan rings is 1. The number of para-hydroxylation sites is 1. The lowest BCUT2D eigenvalue weighted by molar-refractivity contribution is 0.666. The predicted molar refractivity (Wildman–Crippen MR) is 231 cm³/mol. The molecule has 0 amide bonds. The van der Waals surface area contributed by atoms with Gasteiger partial charge in [-0.15, -0.1) is 0 Å². The van der Waals surface area contributed by atoms with E-state index >= 15 is 0 Å². The zero-order valence-corrected chi connectivity index (χ0v) is 30.3. The average molecular weight is 716 g/mol. The molecule has 0 bridgehead atoms. The molecule has 0 radical (unpaired) electrons. The van der Waals surface area contributed by atoms with E-state index in [4.69, 9.17) is 14.4 Å². The SMILES string of the molecule is c1ccc(-c2ccc3c(c2)c2cc(-c4ccccc4)ccc2n3-c2c(-c3ccccc3)cc(-c3ncc4oc5ccccc5c4n3)cc2-c2ccccc2)cc1. The third-order valence-electron chi connectivity index (χ3n) is 10.9. The summed E-state index contributed by atoms with van der Waals surface area (Å²) in [5.74, 6) is 0.646. The van der Waals surface area contributed by atoms with E-state index in [-0.39, 0.29) is 0 Å². The highest BCUT2D eigenvalue weighted by atomic mass is 16.3. The fourth-order valence-corrected chi connectivity index (χ4v) is 8.21. The summed E-state index contributed by atoms with van der Waals surface area (Å²) < 4.78 is 8.59. The van der Waals surface area contributed by atoms with Crippen LogP contribution in [0.5, 0.6) is 0 Å². The van der Waals surface area contributed by atoms with E-state index in [0.717, 1.165) is 61.0 Å². The summed E-state index contributed by atoms with van der Waals surface area (Å²) in [6.45, 7) is 0. The predicted octanol–water partition coefficient (Wildman–Crippen LogP) is 13.8. The first-order valence-corrected chi connectivity index (χ1v) is 18.9. The van der Waals surface area contributed by atoms with Crippen molar-refractivity contribution < 1.29 is 4.42 Å². The summed E-state index contributed by atoms with van der Waals surface area (Å²) in [6, 6.07) is 69.0. The first-order chi connectivity index (χ1) is 27.8. The van der Waals surface area contributed by atoms with Gasteiger partial charge in [-0.25, -0.2) is 9.97 Å². The van der Waals surface area contributed by atoms with Crippen LogP contribution in [-0.2, 0) is 0 Å². The Morgan fingerprint density at radius 1 is 0.375 bits per heavy atom. The van der Waals surface area contributed by atoms with E-state index in [0.29, 0.717) is 11.4 Å². The molecule has 11 aromatic rings. The van der Waals surface area contributed by atoms with Crippen LogP contribution < -0.4 is 0 Å². The maximum atomic E-state index is 6.12. The molecular formula is C52H33N3O. The van der Waals surface area contributed by atoms with Crippen LogP contribution in [0.4, 0.5) is 0 Å². The molecule has 8 aromatic carbocycles.